The summed E-state index contributed by atoms with van der Waals surface area (Å²) in [5, 5.41) is 13.7. The van der Waals surface area contributed by atoms with Crippen molar-refractivity contribution >= 4 is 11.5 Å². The van der Waals surface area contributed by atoms with Crippen LogP contribution in [0.2, 0.25) is 0 Å². The average Bonchev–Trinajstić information content (AvgIpc) is 3.13. The normalized spacial score (nSPS) is 12.7. The lowest BCUT2D eigenvalue weighted by atomic mass is 10.1. The number of nitrogens with zero attached hydrogens (tertiary/aromatic N) is 4. The molecule has 148 valence electrons. The molecule has 29 heavy (non-hydrogen) atoms. The van der Waals surface area contributed by atoms with Crippen LogP contribution in [0.1, 0.15) is 24.4 Å². The van der Waals surface area contributed by atoms with Crippen molar-refractivity contribution < 1.29 is 17.9 Å². The number of halogens is 3. The molecule has 0 bridgehead atoms. The highest BCUT2D eigenvalue weighted by atomic mass is 19.4. The zero-order chi connectivity index (χ0) is 20.4. The third kappa shape index (κ3) is 4.13. The molecule has 1 N–H and O–H groups in total. The van der Waals surface area contributed by atoms with Gasteiger partial charge in [0, 0.05) is 0 Å². The molecule has 4 rings (SSSR count). The second-order valence-corrected chi connectivity index (χ2v) is 6.36. The van der Waals surface area contributed by atoms with Crippen LogP contribution in [-0.4, -0.2) is 19.8 Å². The van der Waals surface area contributed by atoms with Gasteiger partial charge in [-0.15, -0.1) is 15.3 Å². The summed E-state index contributed by atoms with van der Waals surface area (Å²) in [5.41, 5.74) is 0.949. The molecule has 0 amide bonds. The van der Waals surface area contributed by atoms with Crippen LogP contribution >= 0.6 is 0 Å². The van der Waals surface area contributed by atoms with Gasteiger partial charge in [0.05, 0.1) is 6.04 Å². The standard InChI is InChI=1S/C20H16F3N5O/c1-13(14-7-9-16(10-8-14)29-15-5-3-2-4-6-15)24-17-11-12-18-25-26-19(20(21,22)23)28(18)27-17/h2-13H,1H3,(H,24,27). The Balaban J connectivity index is 1.49. The number of anilines is 1. The fourth-order valence-electron chi connectivity index (χ4n) is 2.80. The molecule has 2 aromatic heterocycles. The Bertz CT molecular complexity index is 1110. The molecule has 0 spiro atoms. The maximum Gasteiger partial charge on any atom is 0.453 e. The summed E-state index contributed by atoms with van der Waals surface area (Å²) in [5.74, 6) is 0.537. The van der Waals surface area contributed by atoms with E-state index in [-0.39, 0.29) is 17.5 Å². The third-order valence-electron chi connectivity index (χ3n) is 4.24. The quantitative estimate of drug-likeness (QED) is 0.505. The van der Waals surface area contributed by atoms with Gasteiger partial charge in [0.15, 0.2) is 5.65 Å². The van der Waals surface area contributed by atoms with Crippen LogP contribution < -0.4 is 10.1 Å². The zero-order valence-corrected chi connectivity index (χ0v) is 15.3. The van der Waals surface area contributed by atoms with E-state index < -0.39 is 12.0 Å². The van der Waals surface area contributed by atoms with Crippen molar-refractivity contribution in [3.63, 3.8) is 0 Å². The predicted molar refractivity (Wildman–Crippen MR) is 101 cm³/mol. The highest BCUT2D eigenvalue weighted by Crippen LogP contribution is 2.28. The van der Waals surface area contributed by atoms with Crippen LogP contribution in [0.15, 0.2) is 66.7 Å². The first-order valence-electron chi connectivity index (χ1n) is 8.79. The molecule has 2 heterocycles. The Kier molecular flexibility index (Phi) is 4.79. The van der Waals surface area contributed by atoms with Crippen molar-refractivity contribution in [2.75, 3.05) is 5.32 Å². The van der Waals surface area contributed by atoms with Crippen molar-refractivity contribution in [3.05, 3.63) is 78.1 Å². The number of fused-ring (bicyclic) bond motifs is 1. The monoisotopic (exact) mass is 399 g/mol. The molecule has 0 aliphatic carbocycles. The van der Waals surface area contributed by atoms with E-state index in [0.717, 1.165) is 11.3 Å². The van der Waals surface area contributed by atoms with E-state index in [1.54, 1.807) is 6.07 Å². The molecule has 0 aliphatic rings. The van der Waals surface area contributed by atoms with E-state index in [1.165, 1.54) is 6.07 Å². The van der Waals surface area contributed by atoms with Crippen molar-refractivity contribution in [2.45, 2.75) is 19.1 Å². The Labute approximate surface area is 164 Å². The van der Waals surface area contributed by atoms with Crippen molar-refractivity contribution in [1.29, 1.82) is 0 Å². The highest BCUT2D eigenvalue weighted by Gasteiger charge is 2.37. The lowest BCUT2D eigenvalue weighted by Crippen LogP contribution is -2.14. The summed E-state index contributed by atoms with van der Waals surface area (Å²) in [6.45, 7) is 1.88. The van der Waals surface area contributed by atoms with Gasteiger partial charge >= 0.3 is 6.18 Å². The number of alkyl halides is 3. The molecule has 0 radical (unpaired) electrons. The largest absolute Gasteiger partial charge is 0.457 e. The number of benzene rings is 2. The van der Waals surface area contributed by atoms with E-state index in [0.29, 0.717) is 10.3 Å². The minimum atomic E-state index is -4.63. The van der Waals surface area contributed by atoms with Gasteiger partial charge in [0.2, 0.25) is 0 Å². The van der Waals surface area contributed by atoms with Gasteiger partial charge < -0.3 is 10.1 Å². The van der Waals surface area contributed by atoms with Crippen LogP contribution in [0.4, 0.5) is 19.0 Å². The molecule has 0 aliphatic heterocycles. The summed E-state index contributed by atoms with van der Waals surface area (Å²) in [6.07, 6.45) is -4.63. The van der Waals surface area contributed by atoms with Gasteiger partial charge in [-0.2, -0.15) is 17.7 Å². The van der Waals surface area contributed by atoms with Gasteiger partial charge in [0.25, 0.3) is 5.82 Å². The van der Waals surface area contributed by atoms with Crippen LogP contribution in [-0.2, 0) is 6.18 Å². The number of aromatic nitrogens is 4. The first-order chi connectivity index (χ1) is 13.9. The molecule has 1 unspecified atom stereocenters. The smallest absolute Gasteiger partial charge is 0.453 e. The summed E-state index contributed by atoms with van der Waals surface area (Å²) in [4.78, 5) is 0. The number of hydrogen-bond acceptors (Lipinski definition) is 5. The van der Waals surface area contributed by atoms with E-state index in [4.69, 9.17) is 4.74 Å². The summed E-state index contributed by atoms with van der Waals surface area (Å²) in [6, 6.07) is 19.6. The van der Waals surface area contributed by atoms with Crippen LogP contribution in [0, 0.1) is 0 Å². The maximum absolute atomic E-state index is 13.0. The topological polar surface area (TPSA) is 64.3 Å². The molecule has 0 saturated heterocycles. The Morgan fingerprint density at radius 2 is 1.59 bits per heavy atom. The van der Waals surface area contributed by atoms with Crippen molar-refractivity contribution in [2.24, 2.45) is 0 Å². The fourth-order valence-corrected chi connectivity index (χ4v) is 2.80. The molecule has 9 heteroatoms. The van der Waals surface area contributed by atoms with Crippen LogP contribution in [0.5, 0.6) is 11.5 Å². The van der Waals surface area contributed by atoms with Gasteiger partial charge in [-0.3, -0.25) is 0 Å². The average molecular weight is 399 g/mol. The molecule has 6 nitrogen and oxygen atoms in total. The SMILES string of the molecule is CC(Nc1ccc2nnc(C(F)(F)F)n2n1)c1ccc(Oc2ccccc2)cc1. The molecular weight excluding hydrogens is 383 g/mol. The molecule has 1 atom stereocenters. The van der Waals surface area contributed by atoms with Crippen molar-refractivity contribution in [3.8, 4) is 11.5 Å². The second kappa shape index (κ2) is 7.42. The van der Waals surface area contributed by atoms with Gasteiger partial charge in [-0.05, 0) is 48.9 Å². The van der Waals surface area contributed by atoms with E-state index >= 15 is 0 Å². The fraction of sp³-hybridized carbons (Fsp3) is 0.150. The molecule has 0 saturated carbocycles. The second-order valence-electron chi connectivity index (χ2n) is 6.36. The first-order valence-corrected chi connectivity index (χ1v) is 8.79. The van der Waals surface area contributed by atoms with Crippen molar-refractivity contribution in [1.82, 2.24) is 19.8 Å². The van der Waals surface area contributed by atoms with E-state index in [1.807, 2.05) is 61.5 Å². The molecular formula is C20H16F3N5O. The number of para-hydroxylation sites is 1. The Morgan fingerprint density at radius 1 is 0.897 bits per heavy atom. The number of ether oxygens (including phenoxy) is 1. The summed E-state index contributed by atoms with van der Waals surface area (Å²) < 4.78 is 45.5. The van der Waals surface area contributed by atoms with Gasteiger partial charge in [-0.1, -0.05) is 30.3 Å². The number of rotatable bonds is 5. The minimum absolute atomic E-state index is 0.0259. The zero-order valence-electron chi connectivity index (χ0n) is 15.3. The van der Waals surface area contributed by atoms with Crippen LogP contribution in [0.25, 0.3) is 5.65 Å². The molecule has 2 aromatic carbocycles. The summed E-state index contributed by atoms with van der Waals surface area (Å²) >= 11 is 0. The first kappa shape index (κ1) is 18.7. The molecule has 4 aromatic rings. The highest BCUT2D eigenvalue weighted by molar-refractivity contribution is 5.46. The predicted octanol–water partition coefficient (Wildman–Crippen LogP) is 5.11. The number of hydrogen-bond donors (Lipinski definition) is 1. The Morgan fingerprint density at radius 3 is 2.28 bits per heavy atom. The Hall–Kier alpha value is -3.62. The van der Waals surface area contributed by atoms with E-state index in [2.05, 4.69) is 20.6 Å². The summed E-state index contributed by atoms with van der Waals surface area (Å²) in [7, 11) is 0. The van der Waals surface area contributed by atoms with Gasteiger partial charge in [0.1, 0.15) is 17.3 Å². The van der Waals surface area contributed by atoms with Gasteiger partial charge in [-0.25, -0.2) is 0 Å². The minimum Gasteiger partial charge on any atom is -0.457 e. The lowest BCUT2D eigenvalue weighted by molar-refractivity contribution is -0.146. The molecule has 0 fully saturated rings. The van der Waals surface area contributed by atoms with E-state index in [9.17, 15) is 13.2 Å². The van der Waals surface area contributed by atoms with Crippen LogP contribution in [0.3, 0.4) is 0 Å². The maximum atomic E-state index is 13.0. The lowest BCUT2D eigenvalue weighted by Gasteiger charge is -2.16. The third-order valence-corrected chi connectivity index (χ3v) is 4.24. The number of nitrogens with one attached hydrogen (secondary N) is 1.